The summed E-state index contributed by atoms with van der Waals surface area (Å²) in [5, 5.41) is 2.90. The van der Waals surface area contributed by atoms with E-state index in [2.05, 4.69) is 22.2 Å². The fourth-order valence-electron chi connectivity index (χ4n) is 2.58. The molecule has 0 aromatic carbocycles. The summed E-state index contributed by atoms with van der Waals surface area (Å²) in [5.74, 6) is 0.698. The predicted octanol–water partition coefficient (Wildman–Crippen LogP) is 2.31. The van der Waals surface area contributed by atoms with Gasteiger partial charge in [0.25, 0.3) is 5.91 Å². The largest absolute Gasteiger partial charge is 0.372 e. The molecule has 0 aliphatic carbocycles. The van der Waals surface area contributed by atoms with Crippen LogP contribution in [0.4, 0.5) is 5.82 Å². The Balaban J connectivity index is 2.15. The van der Waals surface area contributed by atoms with Gasteiger partial charge in [0.2, 0.25) is 0 Å². The van der Waals surface area contributed by atoms with Crippen LogP contribution in [0.25, 0.3) is 0 Å². The number of aromatic nitrogens is 2. The van der Waals surface area contributed by atoms with Crippen LogP contribution in [-0.4, -0.2) is 40.4 Å². The summed E-state index contributed by atoms with van der Waals surface area (Å²) in [6.07, 6.45) is 8.79. The lowest BCUT2D eigenvalue weighted by Crippen LogP contribution is -2.40. The number of amides is 1. The molecule has 0 bridgehead atoms. The summed E-state index contributed by atoms with van der Waals surface area (Å²) in [5.41, 5.74) is 0.444. The number of likely N-dealkylation sites (tertiary alicyclic amines) is 1. The maximum absolute atomic E-state index is 12.5. The average molecular weight is 262 g/mol. The van der Waals surface area contributed by atoms with Crippen molar-refractivity contribution in [2.75, 3.05) is 18.9 Å². The summed E-state index contributed by atoms with van der Waals surface area (Å²) >= 11 is 0. The number of nitrogens with one attached hydrogen (secondary N) is 1. The molecule has 0 radical (unpaired) electrons. The van der Waals surface area contributed by atoms with Gasteiger partial charge in [0.15, 0.2) is 0 Å². The van der Waals surface area contributed by atoms with E-state index >= 15 is 0 Å². The second-order valence-corrected chi connectivity index (χ2v) is 4.95. The van der Waals surface area contributed by atoms with E-state index in [0.717, 1.165) is 25.8 Å². The summed E-state index contributed by atoms with van der Waals surface area (Å²) in [7, 11) is 1.79. The molecule has 2 rings (SSSR count). The second kappa shape index (κ2) is 6.50. The third-order valence-electron chi connectivity index (χ3n) is 3.74. The molecule has 5 heteroatoms. The number of anilines is 1. The van der Waals surface area contributed by atoms with Crippen LogP contribution in [0.1, 0.15) is 49.5 Å². The van der Waals surface area contributed by atoms with Crippen LogP contribution in [0.2, 0.25) is 0 Å². The molecule has 0 spiro atoms. The van der Waals surface area contributed by atoms with Gasteiger partial charge in [-0.15, -0.1) is 0 Å². The molecule has 1 N–H and O–H groups in total. The van der Waals surface area contributed by atoms with Gasteiger partial charge in [0, 0.05) is 19.6 Å². The zero-order valence-electron chi connectivity index (χ0n) is 11.7. The van der Waals surface area contributed by atoms with Gasteiger partial charge in [-0.05, 0) is 19.3 Å². The van der Waals surface area contributed by atoms with Gasteiger partial charge in [-0.1, -0.05) is 19.8 Å². The van der Waals surface area contributed by atoms with E-state index in [1.54, 1.807) is 19.4 Å². The van der Waals surface area contributed by atoms with Crippen molar-refractivity contribution in [1.82, 2.24) is 14.9 Å². The van der Waals surface area contributed by atoms with Gasteiger partial charge in [-0.2, -0.15) is 0 Å². The normalized spacial score (nSPS) is 19.9. The van der Waals surface area contributed by atoms with Crippen LogP contribution in [-0.2, 0) is 0 Å². The Hall–Kier alpha value is -1.65. The van der Waals surface area contributed by atoms with Gasteiger partial charge in [0.1, 0.15) is 11.5 Å². The van der Waals surface area contributed by atoms with E-state index in [9.17, 15) is 4.79 Å². The first-order chi connectivity index (χ1) is 9.26. The molecular formula is C14H22N4O. The summed E-state index contributed by atoms with van der Waals surface area (Å²) < 4.78 is 0. The minimum absolute atomic E-state index is 0.0175. The Kier molecular flexibility index (Phi) is 4.71. The highest BCUT2D eigenvalue weighted by molar-refractivity contribution is 5.92. The smallest absolute Gasteiger partial charge is 0.274 e. The van der Waals surface area contributed by atoms with Crippen LogP contribution in [0.3, 0.4) is 0 Å². The first-order valence-electron chi connectivity index (χ1n) is 7.07. The lowest BCUT2D eigenvalue weighted by atomic mass is 10.1. The van der Waals surface area contributed by atoms with Crippen molar-refractivity contribution in [3.05, 3.63) is 18.1 Å². The molecule has 1 aromatic heterocycles. The van der Waals surface area contributed by atoms with E-state index < -0.39 is 0 Å². The van der Waals surface area contributed by atoms with Crippen molar-refractivity contribution in [2.24, 2.45) is 0 Å². The third-order valence-corrected chi connectivity index (χ3v) is 3.74. The second-order valence-electron chi connectivity index (χ2n) is 4.95. The van der Waals surface area contributed by atoms with E-state index in [1.165, 1.54) is 12.8 Å². The molecule has 5 nitrogen and oxygen atoms in total. The lowest BCUT2D eigenvalue weighted by molar-refractivity contribution is 0.0671. The van der Waals surface area contributed by atoms with Crippen molar-refractivity contribution in [2.45, 2.75) is 45.1 Å². The van der Waals surface area contributed by atoms with Gasteiger partial charge in [-0.3, -0.25) is 4.79 Å². The van der Waals surface area contributed by atoms with E-state index in [-0.39, 0.29) is 5.91 Å². The van der Waals surface area contributed by atoms with Crippen molar-refractivity contribution >= 4 is 11.7 Å². The maximum Gasteiger partial charge on any atom is 0.274 e. The first kappa shape index (κ1) is 13.8. The number of carbonyl (C=O) groups is 1. The van der Waals surface area contributed by atoms with Gasteiger partial charge < -0.3 is 10.2 Å². The Morgan fingerprint density at radius 2 is 2.21 bits per heavy atom. The minimum atomic E-state index is 0.0175. The van der Waals surface area contributed by atoms with E-state index in [4.69, 9.17) is 0 Å². The topological polar surface area (TPSA) is 58.1 Å². The molecule has 0 saturated carbocycles. The van der Waals surface area contributed by atoms with Crippen LogP contribution in [0.15, 0.2) is 12.4 Å². The molecule has 1 aromatic rings. The number of hydrogen-bond donors (Lipinski definition) is 1. The highest BCUT2D eigenvalue weighted by atomic mass is 16.2. The fourth-order valence-corrected chi connectivity index (χ4v) is 2.58. The molecule has 2 heterocycles. The molecule has 1 aliphatic heterocycles. The molecule has 19 heavy (non-hydrogen) atoms. The van der Waals surface area contributed by atoms with Crippen molar-refractivity contribution in [1.29, 1.82) is 0 Å². The van der Waals surface area contributed by atoms with Crippen molar-refractivity contribution in [3.8, 4) is 0 Å². The number of hydrogen-bond acceptors (Lipinski definition) is 4. The standard InChI is InChI=1S/C14H22N4O/c1-3-11-7-5-4-6-8-18(11)14(19)12-9-17-13(15-2)10-16-12/h9-11H,3-8H2,1-2H3,(H,15,17). The Morgan fingerprint density at radius 1 is 1.37 bits per heavy atom. The minimum Gasteiger partial charge on any atom is -0.372 e. The SMILES string of the molecule is CCC1CCCCCN1C(=O)c1cnc(NC)cn1. The van der Waals surface area contributed by atoms with Crippen LogP contribution in [0, 0.1) is 0 Å². The average Bonchev–Trinajstić information content (AvgIpc) is 2.71. The first-order valence-corrected chi connectivity index (χ1v) is 7.07. The number of nitrogens with zero attached hydrogens (tertiary/aromatic N) is 3. The predicted molar refractivity (Wildman–Crippen MR) is 75.2 cm³/mol. The third kappa shape index (κ3) is 3.22. The quantitative estimate of drug-likeness (QED) is 0.908. The van der Waals surface area contributed by atoms with E-state index in [1.807, 2.05) is 4.90 Å². The zero-order chi connectivity index (χ0) is 13.7. The molecule has 1 saturated heterocycles. The van der Waals surface area contributed by atoms with Gasteiger partial charge >= 0.3 is 0 Å². The molecule has 1 atom stereocenters. The molecule has 1 aliphatic rings. The molecule has 1 unspecified atom stereocenters. The van der Waals surface area contributed by atoms with Crippen molar-refractivity contribution in [3.63, 3.8) is 0 Å². The highest BCUT2D eigenvalue weighted by Gasteiger charge is 2.25. The lowest BCUT2D eigenvalue weighted by Gasteiger charge is -2.28. The Labute approximate surface area is 114 Å². The van der Waals surface area contributed by atoms with E-state index in [0.29, 0.717) is 17.6 Å². The zero-order valence-corrected chi connectivity index (χ0v) is 11.7. The molecule has 104 valence electrons. The highest BCUT2D eigenvalue weighted by Crippen LogP contribution is 2.20. The number of carbonyl (C=O) groups excluding carboxylic acids is 1. The van der Waals surface area contributed by atoms with Crippen LogP contribution >= 0.6 is 0 Å². The maximum atomic E-state index is 12.5. The monoisotopic (exact) mass is 262 g/mol. The summed E-state index contributed by atoms with van der Waals surface area (Å²) in [6.45, 7) is 2.98. The Morgan fingerprint density at radius 3 is 2.84 bits per heavy atom. The Bertz CT molecular complexity index is 418. The van der Waals surface area contributed by atoms with Gasteiger partial charge in [-0.25, -0.2) is 9.97 Å². The van der Waals surface area contributed by atoms with Crippen LogP contribution < -0.4 is 5.32 Å². The summed E-state index contributed by atoms with van der Waals surface area (Å²) in [4.78, 5) is 22.9. The molecule has 1 amide bonds. The van der Waals surface area contributed by atoms with Crippen molar-refractivity contribution < 1.29 is 4.79 Å². The number of rotatable bonds is 3. The van der Waals surface area contributed by atoms with Crippen LogP contribution in [0.5, 0.6) is 0 Å². The summed E-state index contributed by atoms with van der Waals surface area (Å²) in [6, 6.07) is 0.348. The van der Waals surface area contributed by atoms with Gasteiger partial charge in [0.05, 0.1) is 12.4 Å². The molecular weight excluding hydrogens is 240 g/mol. The molecule has 1 fully saturated rings. The fraction of sp³-hybridized carbons (Fsp3) is 0.643.